The highest BCUT2D eigenvalue weighted by atomic mass is 35.5. The molecule has 4 nitrogen and oxygen atoms in total. The molecular weight excluding hydrogens is 216 g/mol. The number of rotatable bonds is 2. The average molecular weight is 225 g/mol. The van der Waals surface area contributed by atoms with Gasteiger partial charge in [0.15, 0.2) is 0 Å². The summed E-state index contributed by atoms with van der Waals surface area (Å²) >= 11 is 5.84. The average Bonchev–Trinajstić information content (AvgIpc) is 2.53. The Hall–Kier alpha value is -1.42. The standard InChI is InChI=1S/C10H9ClN2O2/c11-10-7(2-1-5-12-10)6-13-8(14)3-4-9(13)15/h1-2,5H,3-4,6H2. The van der Waals surface area contributed by atoms with E-state index in [1.807, 2.05) is 0 Å². The van der Waals surface area contributed by atoms with E-state index < -0.39 is 0 Å². The molecule has 0 N–H and O–H groups in total. The Kier molecular flexibility index (Phi) is 2.68. The Balaban J connectivity index is 2.18. The zero-order valence-corrected chi connectivity index (χ0v) is 8.70. The molecule has 78 valence electrons. The van der Waals surface area contributed by atoms with E-state index in [4.69, 9.17) is 11.6 Å². The van der Waals surface area contributed by atoms with Gasteiger partial charge in [0.05, 0.1) is 6.54 Å². The molecule has 2 amide bonds. The molecule has 0 atom stereocenters. The lowest BCUT2D eigenvalue weighted by Crippen LogP contribution is -2.28. The molecule has 1 aliphatic rings. The van der Waals surface area contributed by atoms with E-state index in [2.05, 4.69) is 4.98 Å². The molecule has 0 bridgehead atoms. The summed E-state index contributed by atoms with van der Waals surface area (Å²) in [5.41, 5.74) is 0.697. The lowest BCUT2D eigenvalue weighted by Gasteiger charge is -2.13. The summed E-state index contributed by atoms with van der Waals surface area (Å²) in [7, 11) is 0. The third-order valence-corrected chi connectivity index (χ3v) is 2.66. The predicted molar refractivity (Wildman–Crippen MR) is 54.0 cm³/mol. The van der Waals surface area contributed by atoms with Gasteiger partial charge in [-0.25, -0.2) is 4.98 Å². The molecule has 15 heavy (non-hydrogen) atoms. The first-order valence-corrected chi connectivity index (χ1v) is 4.99. The van der Waals surface area contributed by atoms with E-state index in [1.54, 1.807) is 18.3 Å². The maximum Gasteiger partial charge on any atom is 0.229 e. The van der Waals surface area contributed by atoms with E-state index in [0.29, 0.717) is 23.6 Å². The van der Waals surface area contributed by atoms with Crippen LogP contribution in [0.4, 0.5) is 0 Å². The molecule has 2 heterocycles. The maximum absolute atomic E-state index is 11.3. The van der Waals surface area contributed by atoms with Crippen LogP contribution in [0.15, 0.2) is 18.3 Å². The zero-order chi connectivity index (χ0) is 10.8. The Morgan fingerprint density at radius 2 is 2.00 bits per heavy atom. The second-order valence-corrected chi connectivity index (χ2v) is 3.68. The third-order valence-electron chi connectivity index (χ3n) is 2.32. The van der Waals surface area contributed by atoms with E-state index in [0.717, 1.165) is 0 Å². The fourth-order valence-corrected chi connectivity index (χ4v) is 1.69. The number of hydrogen-bond acceptors (Lipinski definition) is 3. The molecule has 0 unspecified atom stereocenters. The first-order valence-electron chi connectivity index (χ1n) is 4.61. The summed E-state index contributed by atoms with van der Waals surface area (Å²) in [5.74, 6) is -0.278. The van der Waals surface area contributed by atoms with Crippen molar-refractivity contribution in [3.8, 4) is 0 Å². The summed E-state index contributed by atoms with van der Waals surface area (Å²) in [5, 5.41) is 0.338. The monoisotopic (exact) mass is 224 g/mol. The number of carbonyl (C=O) groups excluding carboxylic acids is 2. The summed E-state index contributed by atoms with van der Waals surface area (Å²) in [6.07, 6.45) is 2.17. The van der Waals surface area contributed by atoms with Gasteiger partial charge >= 0.3 is 0 Å². The van der Waals surface area contributed by atoms with Crippen molar-refractivity contribution in [2.24, 2.45) is 0 Å². The van der Waals surface area contributed by atoms with Crippen LogP contribution in [-0.4, -0.2) is 21.7 Å². The lowest BCUT2D eigenvalue weighted by molar-refractivity contribution is -0.139. The summed E-state index contributed by atoms with van der Waals surface area (Å²) < 4.78 is 0. The van der Waals surface area contributed by atoms with Crippen molar-refractivity contribution in [1.29, 1.82) is 0 Å². The van der Waals surface area contributed by atoms with Crippen LogP contribution in [0.3, 0.4) is 0 Å². The molecule has 5 heteroatoms. The molecule has 1 aliphatic heterocycles. The van der Waals surface area contributed by atoms with Gasteiger partial charge in [-0.2, -0.15) is 0 Å². The number of hydrogen-bond donors (Lipinski definition) is 0. The van der Waals surface area contributed by atoms with Crippen LogP contribution in [-0.2, 0) is 16.1 Å². The molecule has 1 fully saturated rings. The number of likely N-dealkylation sites (tertiary alicyclic amines) is 1. The van der Waals surface area contributed by atoms with E-state index >= 15 is 0 Å². The highest BCUT2D eigenvalue weighted by Gasteiger charge is 2.29. The minimum absolute atomic E-state index is 0.139. The lowest BCUT2D eigenvalue weighted by atomic mass is 10.2. The molecule has 0 saturated carbocycles. The molecular formula is C10H9ClN2O2. The van der Waals surface area contributed by atoms with Crippen molar-refractivity contribution >= 4 is 23.4 Å². The normalized spacial score (nSPS) is 16.2. The second-order valence-electron chi connectivity index (χ2n) is 3.33. The van der Waals surface area contributed by atoms with Gasteiger partial charge in [0.1, 0.15) is 5.15 Å². The van der Waals surface area contributed by atoms with Crippen molar-refractivity contribution in [3.05, 3.63) is 29.0 Å². The smallest absolute Gasteiger partial charge is 0.229 e. The molecule has 2 rings (SSSR count). The summed E-state index contributed by atoms with van der Waals surface area (Å²) in [6.45, 7) is 0.227. The number of amides is 2. The Bertz CT molecular complexity index is 404. The van der Waals surface area contributed by atoms with Gasteiger partial charge in [0.2, 0.25) is 11.8 Å². The molecule has 0 radical (unpaired) electrons. The van der Waals surface area contributed by atoms with Gasteiger partial charge in [0, 0.05) is 24.6 Å². The molecule has 1 aromatic rings. The van der Waals surface area contributed by atoms with Crippen LogP contribution < -0.4 is 0 Å². The second kappa shape index (κ2) is 3.98. The Labute approximate surface area is 91.9 Å². The first-order chi connectivity index (χ1) is 7.18. The Morgan fingerprint density at radius 1 is 1.33 bits per heavy atom. The van der Waals surface area contributed by atoms with Crippen molar-refractivity contribution in [1.82, 2.24) is 9.88 Å². The van der Waals surface area contributed by atoms with Gasteiger partial charge in [-0.3, -0.25) is 14.5 Å². The number of nitrogens with zero attached hydrogens (tertiary/aromatic N) is 2. The van der Waals surface area contributed by atoms with Crippen LogP contribution in [0.5, 0.6) is 0 Å². The first kappa shape index (κ1) is 10.1. The highest BCUT2D eigenvalue weighted by Crippen LogP contribution is 2.19. The van der Waals surface area contributed by atoms with Crippen LogP contribution in [0, 0.1) is 0 Å². The van der Waals surface area contributed by atoms with Crippen molar-refractivity contribution in [2.75, 3.05) is 0 Å². The topological polar surface area (TPSA) is 50.3 Å². The Morgan fingerprint density at radius 3 is 2.60 bits per heavy atom. The third kappa shape index (κ3) is 1.99. The van der Waals surface area contributed by atoms with Crippen molar-refractivity contribution in [3.63, 3.8) is 0 Å². The fraction of sp³-hybridized carbons (Fsp3) is 0.300. The SMILES string of the molecule is O=C1CCC(=O)N1Cc1cccnc1Cl. The molecule has 1 saturated heterocycles. The van der Waals surface area contributed by atoms with E-state index in [-0.39, 0.29) is 18.4 Å². The molecule has 1 aromatic heterocycles. The zero-order valence-electron chi connectivity index (χ0n) is 7.94. The van der Waals surface area contributed by atoms with Crippen LogP contribution in [0.25, 0.3) is 0 Å². The molecule has 0 spiro atoms. The van der Waals surface area contributed by atoms with E-state index in [1.165, 1.54) is 4.90 Å². The van der Waals surface area contributed by atoms with Gasteiger partial charge in [-0.15, -0.1) is 0 Å². The number of carbonyl (C=O) groups is 2. The summed E-state index contributed by atoms with van der Waals surface area (Å²) in [6, 6.07) is 3.49. The van der Waals surface area contributed by atoms with Crippen LogP contribution >= 0.6 is 11.6 Å². The highest BCUT2D eigenvalue weighted by molar-refractivity contribution is 6.30. The molecule has 0 aliphatic carbocycles. The number of imide groups is 1. The quantitative estimate of drug-likeness (QED) is 0.563. The van der Waals surface area contributed by atoms with Gasteiger partial charge < -0.3 is 0 Å². The number of pyridine rings is 1. The van der Waals surface area contributed by atoms with Gasteiger partial charge in [-0.05, 0) is 6.07 Å². The maximum atomic E-state index is 11.3. The van der Waals surface area contributed by atoms with Crippen LogP contribution in [0.2, 0.25) is 5.15 Å². The number of halogens is 1. The minimum atomic E-state index is -0.139. The summed E-state index contributed by atoms with van der Waals surface area (Å²) in [4.78, 5) is 27.8. The number of aromatic nitrogens is 1. The fourth-order valence-electron chi connectivity index (χ4n) is 1.51. The molecule has 0 aromatic carbocycles. The van der Waals surface area contributed by atoms with Crippen molar-refractivity contribution in [2.45, 2.75) is 19.4 Å². The van der Waals surface area contributed by atoms with Crippen LogP contribution in [0.1, 0.15) is 18.4 Å². The van der Waals surface area contributed by atoms with Gasteiger partial charge in [0.25, 0.3) is 0 Å². The van der Waals surface area contributed by atoms with Crippen molar-refractivity contribution < 1.29 is 9.59 Å². The minimum Gasteiger partial charge on any atom is -0.278 e. The van der Waals surface area contributed by atoms with Gasteiger partial charge in [-0.1, -0.05) is 17.7 Å². The van der Waals surface area contributed by atoms with E-state index in [9.17, 15) is 9.59 Å². The largest absolute Gasteiger partial charge is 0.278 e. The predicted octanol–water partition coefficient (Wildman–Crippen LogP) is 1.38.